The Morgan fingerprint density at radius 3 is 2.17 bits per heavy atom. The van der Waals surface area contributed by atoms with E-state index in [0.29, 0.717) is 0 Å². The molecule has 0 aromatic rings. The zero-order valence-electron chi connectivity index (χ0n) is 12.0. The molecular formula is C8H21KO7P2. The number of phosphoric ester groups is 1. The van der Waals surface area contributed by atoms with Crippen LogP contribution in [0.2, 0.25) is 0 Å². The van der Waals surface area contributed by atoms with Crippen LogP contribution < -0.4 is 51.4 Å². The minimum atomic E-state index is -5.01. The Labute approximate surface area is 151 Å². The molecule has 0 spiro atoms. The summed E-state index contributed by atoms with van der Waals surface area (Å²) < 4.78 is 29.8. The molecule has 7 nitrogen and oxygen atoms in total. The zero-order chi connectivity index (χ0) is 13.5. The molecule has 0 saturated carbocycles. The van der Waals surface area contributed by atoms with Gasteiger partial charge in [0, 0.05) is 0 Å². The van der Waals surface area contributed by atoms with Gasteiger partial charge < -0.3 is 16.1 Å². The average molecular weight is 330 g/mol. The van der Waals surface area contributed by atoms with Crippen molar-refractivity contribution in [2.45, 2.75) is 39.5 Å². The molecule has 0 rings (SSSR count). The second-order valence-electron chi connectivity index (χ2n) is 3.75. The topological polar surface area (TPSA) is 113 Å². The first-order chi connectivity index (χ1) is 7.70. The van der Waals surface area contributed by atoms with E-state index in [0.717, 1.165) is 25.7 Å². The van der Waals surface area contributed by atoms with Crippen molar-refractivity contribution < 1.29 is 85.5 Å². The number of hydrogen-bond acceptors (Lipinski definition) is 4. The molecule has 0 amide bonds. The molecule has 106 valence electrons. The van der Waals surface area contributed by atoms with Gasteiger partial charge in [-0.1, -0.05) is 33.1 Å². The van der Waals surface area contributed by atoms with E-state index in [9.17, 15) is 9.13 Å². The molecule has 18 heavy (non-hydrogen) atoms. The molecule has 0 fully saturated rings. The van der Waals surface area contributed by atoms with Crippen molar-refractivity contribution in [3.05, 3.63) is 0 Å². The van der Waals surface area contributed by atoms with Crippen molar-refractivity contribution in [3.63, 3.8) is 0 Å². The zero-order valence-corrected chi connectivity index (χ0v) is 15.9. The van der Waals surface area contributed by atoms with Gasteiger partial charge in [0.25, 0.3) is 0 Å². The fourth-order valence-electron chi connectivity index (χ4n) is 1.26. The van der Waals surface area contributed by atoms with Crippen LogP contribution in [0.4, 0.5) is 0 Å². The molecule has 0 aromatic heterocycles. The monoisotopic (exact) mass is 330 g/mol. The number of rotatable bonds is 9. The fourth-order valence-corrected chi connectivity index (χ4v) is 2.92. The van der Waals surface area contributed by atoms with Gasteiger partial charge in [0.15, 0.2) is 0 Å². The molecule has 2 unspecified atom stereocenters. The molecule has 0 aromatic carbocycles. The largest absolute Gasteiger partial charge is 1.00 e. The summed E-state index contributed by atoms with van der Waals surface area (Å²) in [5, 5.41) is 0. The van der Waals surface area contributed by atoms with E-state index in [1.165, 1.54) is 0 Å². The van der Waals surface area contributed by atoms with Crippen LogP contribution in [0.1, 0.15) is 41.0 Å². The van der Waals surface area contributed by atoms with Crippen molar-refractivity contribution in [2.24, 2.45) is 5.92 Å². The van der Waals surface area contributed by atoms with E-state index in [4.69, 9.17) is 14.7 Å². The third-order valence-corrected chi connectivity index (χ3v) is 4.38. The maximum Gasteiger partial charge on any atom is 1.00 e. The summed E-state index contributed by atoms with van der Waals surface area (Å²) in [6, 6.07) is 0. The van der Waals surface area contributed by atoms with Crippen LogP contribution in [-0.2, 0) is 18.0 Å². The van der Waals surface area contributed by atoms with Gasteiger partial charge in [-0.05, 0) is 12.3 Å². The van der Waals surface area contributed by atoms with E-state index in [1.54, 1.807) is 0 Å². The van der Waals surface area contributed by atoms with Crippen LogP contribution in [0.5, 0.6) is 0 Å². The predicted molar refractivity (Wildman–Crippen MR) is 63.3 cm³/mol. The van der Waals surface area contributed by atoms with Crippen molar-refractivity contribution in [2.75, 3.05) is 6.61 Å². The first kappa shape index (κ1) is 22.2. The van der Waals surface area contributed by atoms with E-state index >= 15 is 0 Å². The molecule has 0 aliphatic rings. The average Bonchev–Trinajstić information content (AvgIpc) is 2.14. The van der Waals surface area contributed by atoms with Gasteiger partial charge in [0.2, 0.25) is 0 Å². The Kier molecular flexibility index (Phi) is 13.1. The number of phosphoric acid groups is 2. The van der Waals surface area contributed by atoms with E-state index < -0.39 is 15.6 Å². The standard InChI is InChI=1S/C8H20O7P2.K.H/c1-3-5-6-8(4-2)7-14-17(12,13)15-16(9,10)11;;/h8H,3-7H2,1-2H3,(H,12,13)(H2,9,10,11);;/q;+1;-1. The van der Waals surface area contributed by atoms with Gasteiger partial charge in [-0.25, -0.2) is 9.13 Å². The van der Waals surface area contributed by atoms with Crippen molar-refractivity contribution in [1.82, 2.24) is 0 Å². The summed E-state index contributed by atoms with van der Waals surface area (Å²) in [5.41, 5.74) is 0. The Bertz CT molecular complexity index is 311. The van der Waals surface area contributed by atoms with Crippen LogP contribution in [0, 0.1) is 5.92 Å². The molecule has 10 heteroatoms. The fraction of sp³-hybridized carbons (Fsp3) is 1.00. The summed E-state index contributed by atoms with van der Waals surface area (Å²) in [6.07, 6.45) is 3.57. The van der Waals surface area contributed by atoms with Crippen LogP contribution >= 0.6 is 15.6 Å². The molecular weight excluding hydrogens is 309 g/mol. The quantitative estimate of drug-likeness (QED) is 0.387. The predicted octanol–water partition coefficient (Wildman–Crippen LogP) is -0.454. The van der Waals surface area contributed by atoms with E-state index in [1.807, 2.05) is 13.8 Å². The molecule has 0 bridgehead atoms. The van der Waals surface area contributed by atoms with Gasteiger partial charge in [0.05, 0.1) is 6.61 Å². The van der Waals surface area contributed by atoms with E-state index in [2.05, 4.69) is 8.83 Å². The van der Waals surface area contributed by atoms with Crippen LogP contribution in [0.15, 0.2) is 0 Å². The molecule has 0 aliphatic carbocycles. The first-order valence-electron chi connectivity index (χ1n) is 5.44. The molecule has 0 heterocycles. The summed E-state index contributed by atoms with van der Waals surface area (Å²) in [6.45, 7) is 3.89. The first-order valence-corrected chi connectivity index (χ1v) is 8.47. The smallest absolute Gasteiger partial charge is 1.00 e. The Balaban J connectivity index is -0.00000128. The molecule has 0 aliphatic heterocycles. The van der Waals surface area contributed by atoms with Crippen molar-refractivity contribution in [1.29, 1.82) is 0 Å². The SMILES string of the molecule is CCCCC(CC)COP(=O)(O)OP(=O)(O)O.[H-].[K+]. The minimum Gasteiger partial charge on any atom is -1.00 e. The van der Waals surface area contributed by atoms with Crippen LogP contribution in [-0.4, -0.2) is 21.3 Å². The van der Waals surface area contributed by atoms with Gasteiger partial charge in [0.1, 0.15) is 0 Å². The Morgan fingerprint density at radius 1 is 1.22 bits per heavy atom. The molecule has 2 atom stereocenters. The van der Waals surface area contributed by atoms with Gasteiger partial charge >= 0.3 is 67.0 Å². The third kappa shape index (κ3) is 12.9. The van der Waals surface area contributed by atoms with Crippen molar-refractivity contribution in [3.8, 4) is 0 Å². The van der Waals surface area contributed by atoms with Gasteiger partial charge in [-0.15, -0.1) is 0 Å². The third-order valence-electron chi connectivity index (χ3n) is 2.23. The maximum atomic E-state index is 11.1. The van der Waals surface area contributed by atoms with E-state index in [-0.39, 0.29) is 65.3 Å². The molecule has 3 N–H and O–H groups in total. The minimum absolute atomic E-state index is 0. The summed E-state index contributed by atoms with van der Waals surface area (Å²) in [7, 11) is -9.69. The number of hydrogen-bond donors (Lipinski definition) is 3. The van der Waals surface area contributed by atoms with Gasteiger partial charge in [-0.3, -0.25) is 4.52 Å². The van der Waals surface area contributed by atoms with Crippen LogP contribution in [0.3, 0.4) is 0 Å². The van der Waals surface area contributed by atoms with Crippen LogP contribution in [0.25, 0.3) is 0 Å². The normalized spacial score (nSPS) is 16.7. The summed E-state index contributed by atoms with van der Waals surface area (Å²) >= 11 is 0. The second-order valence-corrected chi connectivity index (χ2v) is 6.58. The van der Waals surface area contributed by atoms with Crippen molar-refractivity contribution >= 4 is 15.6 Å². The molecule has 0 saturated heterocycles. The number of unbranched alkanes of at least 4 members (excludes halogenated alkanes) is 1. The van der Waals surface area contributed by atoms with Gasteiger partial charge in [-0.2, -0.15) is 4.31 Å². The molecule has 0 radical (unpaired) electrons. The Hall–Kier alpha value is 1.90. The summed E-state index contributed by atoms with van der Waals surface area (Å²) in [5.74, 6) is 0.0794. The summed E-state index contributed by atoms with van der Waals surface area (Å²) in [4.78, 5) is 25.8. The maximum absolute atomic E-state index is 11.1. The Morgan fingerprint density at radius 2 is 1.78 bits per heavy atom. The second kappa shape index (κ2) is 10.6.